The van der Waals surface area contributed by atoms with E-state index in [2.05, 4.69) is 54.4 Å². The van der Waals surface area contributed by atoms with Crippen LogP contribution in [0.25, 0.3) is 0 Å². The first kappa shape index (κ1) is 24.0. The number of nitrogens with zero attached hydrogens (tertiary/aromatic N) is 2. The lowest BCUT2D eigenvalue weighted by molar-refractivity contribution is 0.0955. The topological polar surface area (TPSA) is 63.2 Å². The van der Waals surface area contributed by atoms with Gasteiger partial charge in [0.05, 0.1) is 24.4 Å². The molecule has 0 spiro atoms. The minimum absolute atomic E-state index is 0.120. The number of morpholine rings is 1. The summed E-state index contributed by atoms with van der Waals surface area (Å²) in [4.78, 5) is 15.7. The number of anilines is 1. The average molecular weight is 478 g/mol. The summed E-state index contributed by atoms with van der Waals surface area (Å²) in [5.41, 5.74) is 5.54. The first-order valence-electron chi connectivity index (χ1n) is 11.5. The number of rotatable bonds is 7. The number of carbonyl (C=O) groups is 1. The van der Waals surface area contributed by atoms with Gasteiger partial charge in [0.15, 0.2) is 0 Å². The number of ether oxygens (including phenoxy) is 2. The minimum atomic E-state index is -0.244. The Labute approximate surface area is 205 Å². The summed E-state index contributed by atoms with van der Waals surface area (Å²) >= 11 is 1.65. The van der Waals surface area contributed by atoms with Crippen molar-refractivity contribution in [3.05, 3.63) is 82.2 Å². The molecule has 0 saturated carbocycles. The molecule has 178 valence electrons. The van der Waals surface area contributed by atoms with Gasteiger partial charge < -0.3 is 14.4 Å². The van der Waals surface area contributed by atoms with Gasteiger partial charge in [-0.15, -0.1) is 11.3 Å². The van der Waals surface area contributed by atoms with E-state index in [0.717, 1.165) is 42.5 Å². The van der Waals surface area contributed by atoms with Gasteiger partial charge in [-0.2, -0.15) is 5.10 Å². The molecule has 1 fully saturated rings. The summed E-state index contributed by atoms with van der Waals surface area (Å²) in [5, 5.41) is 5.31. The number of hydrogen-bond acceptors (Lipinski definition) is 6. The molecule has 1 aliphatic rings. The smallest absolute Gasteiger partial charge is 0.271 e. The fourth-order valence-electron chi connectivity index (χ4n) is 3.55. The molecule has 1 saturated heterocycles. The van der Waals surface area contributed by atoms with E-state index in [-0.39, 0.29) is 11.3 Å². The third-order valence-electron chi connectivity index (χ3n) is 5.64. The van der Waals surface area contributed by atoms with Crippen molar-refractivity contribution in [2.24, 2.45) is 5.10 Å². The van der Waals surface area contributed by atoms with Crippen molar-refractivity contribution in [2.75, 3.05) is 31.2 Å². The number of thiophene rings is 1. The zero-order valence-electron chi connectivity index (χ0n) is 19.9. The number of carbonyl (C=O) groups excluding carboxylic acids is 1. The van der Waals surface area contributed by atoms with E-state index >= 15 is 0 Å². The highest BCUT2D eigenvalue weighted by molar-refractivity contribution is 7.17. The minimum Gasteiger partial charge on any atom is -0.489 e. The molecular weight excluding hydrogens is 446 g/mol. The first-order chi connectivity index (χ1) is 16.4. The molecule has 0 atom stereocenters. The van der Waals surface area contributed by atoms with Crippen LogP contribution in [0.5, 0.6) is 5.75 Å². The second-order valence-corrected chi connectivity index (χ2v) is 10.3. The van der Waals surface area contributed by atoms with Gasteiger partial charge in [-0.05, 0) is 52.9 Å². The van der Waals surface area contributed by atoms with E-state index in [0.29, 0.717) is 12.2 Å². The quantitative estimate of drug-likeness (QED) is 0.374. The Morgan fingerprint density at radius 1 is 1.06 bits per heavy atom. The number of nitrogens with one attached hydrogen (secondary N) is 1. The van der Waals surface area contributed by atoms with Crippen LogP contribution in [-0.2, 0) is 16.8 Å². The van der Waals surface area contributed by atoms with Crippen molar-refractivity contribution < 1.29 is 14.3 Å². The molecular formula is C27H31N3O3S. The molecule has 1 N–H and O–H groups in total. The number of benzene rings is 2. The lowest BCUT2D eigenvalue weighted by atomic mass is 9.87. The van der Waals surface area contributed by atoms with Gasteiger partial charge in [0, 0.05) is 23.5 Å². The maximum atomic E-state index is 12.4. The van der Waals surface area contributed by atoms with Gasteiger partial charge in [-0.3, -0.25) is 4.79 Å². The Morgan fingerprint density at radius 2 is 1.76 bits per heavy atom. The van der Waals surface area contributed by atoms with Crippen molar-refractivity contribution in [3.8, 4) is 5.75 Å². The second-order valence-electron chi connectivity index (χ2n) is 9.23. The van der Waals surface area contributed by atoms with E-state index in [1.54, 1.807) is 29.7 Å². The number of amides is 1. The van der Waals surface area contributed by atoms with Crippen LogP contribution >= 0.6 is 11.3 Å². The molecule has 2 aromatic carbocycles. The van der Waals surface area contributed by atoms with Gasteiger partial charge in [-0.1, -0.05) is 45.0 Å². The van der Waals surface area contributed by atoms with Crippen LogP contribution in [-0.4, -0.2) is 38.4 Å². The molecule has 0 bridgehead atoms. The summed E-state index contributed by atoms with van der Waals surface area (Å²) in [6.45, 7) is 10.3. The van der Waals surface area contributed by atoms with E-state index in [9.17, 15) is 4.79 Å². The van der Waals surface area contributed by atoms with Crippen molar-refractivity contribution >= 4 is 28.5 Å². The van der Waals surface area contributed by atoms with Gasteiger partial charge in [-0.25, -0.2) is 5.43 Å². The monoisotopic (exact) mass is 477 g/mol. The summed E-state index contributed by atoms with van der Waals surface area (Å²) in [6.07, 6.45) is 1.68. The summed E-state index contributed by atoms with van der Waals surface area (Å²) in [6, 6.07) is 19.7. The Morgan fingerprint density at radius 3 is 2.44 bits per heavy atom. The molecule has 1 aromatic heterocycles. The van der Waals surface area contributed by atoms with Crippen LogP contribution in [0.3, 0.4) is 0 Å². The number of hydrazone groups is 1. The average Bonchev–Trinajstić information content (AvgIpc) is 3.32. The summed E-state index contributed by atoms with van der Waals surface area (Å²) < 4.78 is 11.3. The molecule has 7 heteroatoms. The maximum absolute atomic E-state index is 12.4. The lowest BCUT2D eigenvalue weighted by Crippen LogP contribution is -2.35. The molecule has 2 heterocycles. The van der Waals surface area contributed by atoms with Crippen LogP contribution < -0.4 is 15.1 Å². The lowest BCUT2D eigenvalue weighted by Gasteiger charge is -2.27. The third-order valence-corrected chi connectivity index (χ3v) is 6.72. The standard InChI is InChI=1S/C27H31N3O3S/c1-27(2,3)22-8-10-23(11-9-22)33-19-20-4-6-21(7-5-20)26(31)29-28-18-24-12-13-25(34-24)30-14-16-32-17-15-30/h4-13,18H,14-17,19H2,1-3H3,(H,29,31). The fourth-order valence-corrected chi connectivity index (χ4v) is 4.49. The van der Waals surface area contributed by atoms with Crippen molar-refractivity contribution in [1.82, 2.24) is 5.43 Å². The van der Waals surface area contributed by atoms with E-state index < -0.39 is 0 Å². The van der Waals surface area contributed by atoms with Gasteiger partial charge in [0.1, 0.15) is 12.4 Å². The van der Waals surface area contributed by atoms with Crippen LogP contribution in [0.1, 0.15) is 47.1 Å². The van der Waals surface area contributed by atoms with Crippen molar-refractivity contribution in [1.29, 1.82) is 0 Å². The summed E-state index contributed by atoms with van der Waals surface area (Å²) in [5.74, 6) is 0.584. The van der Waals surface area contributed by atoms with Gasteiger partial charge >= 0.3 is 0 Å². The van der Waals surface area contributed by atoms with Crippen LogP contribution in [0.15, 0.2) is 65.8 Å². The van der Waals surface area contributed by atoms with Gasteiger partial charge in [0.2, 0.25) is 0 Å². The Balaban J connectivity index is 1.25. The molecule has 1 amide bonds. The van der Waals surface area contributed by atoms with Crippen LogP contribution in [0, 0.1) is 0 Å². The molecule has 6 nitrogen and oxygen atoms in total. The molecule has 0 radical (unpaired) electrons. The third kappa shape index (κ3) is 6.46. The van der Waals surface area contributed by atoms with E-state index in [1.807, 2.05) is 30.3 Å². The molecule has 1 aliphatic heterocycles. The Hall–Kier alpha value is -3.16. The van der Waals surface area contributed by atoms with E-state index in [4.69, 9.17) is 9.47 Å². The maximum Gasteiger partial charge on any atom is 0.271 e. The molecule has 0 unspecified atom stereocenters. The second kappa shape index (κ2) is 10.8. The predicted molar refractivity (Wildman–Crippen MR) is 138 cm³/mol. The van der Waals surface area contributed by atoms with Crippen LogP contribution in [0.2, 0.25) is 0 Å². The normalized spacial score (nSPS) is 14.4. The zero-order valence-corrected chi connectivity index (χ0v) is 20.7. The number of hydrogen-bond donors (Lipinski definition) is 1. The molecule has 4 rings (SSSR count). The molecule has 3 aromatic rings. The highest BCUT2D eigenvalue weighted by Gasteiger charge is 2.14. The SMILES string of the molecule is CC(C)(C)c1ccc(OCc2ccc(C(=O)NN=Cc3ccc(N4CCOCC4)s3)cc2)cc1. The van der Waals surface area contributed by atoms with Crippen LogP contribution in [0.4, 0.5) is 5.00 Å². The Kier molecular flexibility index (Phi) is 7.65. The van der Waals surface area contributed by atoms with Crippen molar-refractivity contribution in [3.63, 3.8) is 0 Å². The molecule has 0 aliphatic carbocycles. The first-order valence-corrected chi connectivity index (χ1v) is 12.3. The largest absolute Gasteiger partial charge is 0.489 e. The fraction of sp³-hybridized carbons (Fsp3) is 0.333. The van der Waals surface area contributed by atoms with Crippen molar-refractivity contribution in [2.45, 2.75) is 32.8 Å². The highest BCUT2D eigenvalue weighted by Crippen LogP contribution is 2.26. The Bertz CT molecular complexity index is 1110. The highest BCUT2D eigenvalue weighted by atomic mass is 32.1. The van der Waals surface area contributed by atoms with Gasteiger partial charge in [0.25, 0.3) is 5.91 Å². The zero-order chi connectivity index (χ0) is 24.0. The predicted octanol–water partition coefficient (Wildman–Crippen LogP) is 5.23. The molecule has 34 heavy (non-hydrogen) atoms. The van der Waals surface area contributed by atoms with E-state index in [1.165, 1.54) is 10.6 Å². The summed E-state index contributed by atoms with van der Waals surface area (Å²) in [7, 11) is 0.